The smallest absolute Gasteiger partial charge is 0.339 e. The third-order valence-corrected chi connectivity index (χ3v) is 6.26. The van der Waals surface area contributed by atoms with Crippen LogP contribution in [0.15, 0.2) is 35.7 Å². The summed E-state index contributed by atoms with van der Waals surface area (Å²) < 4.78 is 33.3. The fraction of sp³-hybridized carbons (Fsp3) is 0.500. The predicted molar refractivity (Wildman–Crippen MR) is 106 cm³/mol. The first-order valence-electron chi connectivity index (χ1n) is 9.47. The van der Waals surface area contributed by atoms with E-state index in [9.17, 15) is 18.0 Å². The van der Waals surface area contributed by atoms with Gasteiger partial charge in [0, 0.05) is 12.6 Å². The van der Waals surface area contributed by atoms with E-state index in [2.05, 4.69) is 16.6 Å². The third-order valence-electron chi connectivity index (χ3n) is 4.74. The fourth-order valence-electron chi connectivity index (χ4n) is 3.09. The largest absolute Gasteiger partial charge is 0.449 e. The molecule has 2 rings (SSSR count). The van der Waals surface area contributed by atoms with Crippen molar-refractivity contribution in [1.29, 1.82) is 0 Å². The highest BCUT2D eigenvalue weighted by molar-refractivity contribution is 7.89. The number of ether oxygens (including phenoxy) is 1. The van der Waals surface area contributed by atoms with Crippen molar-refractivity contribution >= 4 is 21.9 Å². The topological polar surface area (TPSA) is 102 Å². The van der Waals surface area contributed by atoms with Crippen LogP contribution in [0.5, 0.6) is 0 Å². The van der Waals surface area contributed by atoms with Crippen LogP contribution in [0.3, 0.4) is 0 Å². The summed E-state index contributed by atoms with van der Waals surface area (Å²) in [5, 5.41) is 2.54. The van der Waals surface area contributed by atoms with Gasteiger partial charge in [0.2, 0.25) is 10.0 Å². The zero-order valence-electron chi connectivity index (χ0n) is 16.4. The Morgan fingerprint density at radius 2 is 1.96 bits per heavy atom. The molecule has 2 N–H and O–H groups in total. The van der Waals surface area contributed by atoms with Crippen LogP contribution in [-0.4, -0.2) is 39.0 Å². The number of hydrogen-bond donors (Lipinski definition) is 2. The highest BCUT2D eigenvalue weighted by Gasteiger charge is 2.25. The van der Waals surface area contributed by atoms with Gasteiger partial charge in [-0.05, 0) is 44.4 Å². The molecule has 28 heavy (non-hydrogen) atoms. The molecule has 154 valence electrons. The molecule has 8 heteroatoms. The Morgan fingerprint density at radius 3 is 2.61 bits per heavy atom. The predicted octanol–water partition coefficient (Wildman–Crippen LogP) is 2.45. The summed E-state index contributed by atoms with van der Waals surface area (Å²) in [6.07, 6.45) is 5.28. The summed E-state index contributed by atoms with van der Waals surface area (Å²) in [6, 6.07) is 4.26. The Labute approximate surface area is 166 Å². The normalized spacial score (nSPS) is 16.2. The van der Waals surface area contributed by atoms with Crippen molar-refractivity contribution in [1.82, 2.24) is 10.0 Å². The first kappa shape index (κ1) is 22.1. The highest BCUT2D eigenvalue weighted by Crippen LogP contribution is 2.22. The molecule has 1 fully saturated rings. The maximum absolute atomic E-state index is 12.7. The minimum atomic E-state index is -3.74. The van der Waals surface area contributed by atoms with Crippen LogP contribution >= 0.6 is 0 Å². The van der Waals surface area contributed by atoms with E-state index in [0.717, 1.165) is 32.1 Å². The summed E-state index contributed by atoms with van der Waals surface area (Å²) in [6.45, 7) is 6.91. The quantitative estimate of drug-likeness (QED) is 0.508. The Balaban J connectivity index is 2.14. The molecule has 0 heterocycles. The molecule has 0 unspecified atom stereocenters. The third kappa shape index (κ3) is 5.90. The van der Waals surface area contributed by atoms with Crippen molar-refractivity contribution < 1.29 is 22.7 Å². The summed E-state index contributed by atoms with van der Waals surface area (Å²) in [5.41, 5.74) is 0.690. The van der Waals surface area contributed by atoms with Gasteiger partial charge < -0.3 is 10.1 Å². The molecule has 1 aliphatic rings. The maximum Gasteiger partial charge on any atom is 0.339 e. The van der Waals surface area contributed by atoms with Crippen molar-refractivity contribution in [2.24, 2.45) is 0 Å². The van der Waals surface area contributed by atoms with E-state index in [1.54, 1.807) is 13.0 Å². The summed E-state index contributed by atoms with van der Waals surface area (Å²) >= 11 is 0. The maximum atomic E-state index is 12.7. The zero-order valence-corrected chi connectivity index (χ0v) is 17.2. The molecule has 1 aliphatic carbocycles. The Bertz CT molecular complexity index is 829. The Kier molecular flexibility index (Phi) is 7.77. The Morgan fingerprint density at radius 1 is 1.29 bits per heavy atom. The SMILES string of the molecule is C=CCNC(=O)[C@@H](C)OC(=O)c1cc(S(=O)(=O)NC2CCCCC2)ccc1C. The lowest BCUT2D eigenvalue weighted by molar-refractivity contribution is -0.128. The van der Waals surface area contributed by atoms with Crippen LogP contribution in [0.25, 0.3) is 0 Å². The van der Waals surface area contributed by atoms with Gasteiger partial charge in [0.05, 0.1) is 10.5 Å². The van der Waals surface area contributed by atoms with Gasteiger partial charge >= 0.3 is 5.97 Å². The second-order valence-corrected chi connectivity index (χ2v) is 8.73. The number of carbonyl (C=O) groups is 2. The van der Waals surface area contributed by atoms with Gasteiger partial charge in [-0.15, -0.1) is 6.58 Å². The van der Waals surface area contributed by atoms with Gasteiger partial charge in [-0.2, -0.15) is 0 Å². The van der Waals surface area contributed by atoms with Crippen molar-refractivity contribution in [3.05, 3.63) is 42.0 Å². The van der Waals surface area contributed by atoms with Crippen LogP contribution in [0.4, 0.5) is 0 Å². The molecule has 0 saturated heterocycles. The van der Waals surface area contributed by atoms with Gasteiger partial charge in [-0.3, -0.25) is 4.79 Å². The number of sulfonamides is 1. The monoisotopic (exact) mass is 408 g/mol. The molecule has 1 aromatic carbocycles. The molecular formula is C20H28N2O5S. The van der Waals surface area contributed by atoms with E-state index < -0.39 is 28.0 Å². The van der Waals surface area contributed by atoms with Crippen LogP contribution in [0.1, 0.15) is 54.9 Å². The molecule has 1 amide bonds. The molecule has 0 radical (unpaired) electrons. The molecule has 0 aromatic heterocycles. The molecular weight excluding hydrogens is 380 g/mol. The number of hydrogen-bond acceptors (Lipinski definition) is 5. The van der Waals surface area contributed by atoms with E-state index in [4.69, 9.17) is 4.74 Å². The lowest BCUT2D eigenvalue weighted by Crippen LogP contribution is -2.36. The zero-order chi connectivity index (χ0) is 20.7. The average molecular weight is 409 g/mol. The van der Waals surface area contributed by atoms with Crippen LogP contribution in [-0.2, 0) is 19.6 Å². The van der Waals surface area contributed by atoms with Crippen LogP contribution in [0.2, 0.25) is 0 Å². The highest BCUT2D eigenvalue weighted by atomic mass is 32.2. The first-order chi connectivity index (χ1) is 13.2. The van der Waals surface area contributed by atoms with E-state index in [-0.39, 0.29) is 23.0 Å². The number of rotatable bonds is 8. The molecule has 0 aliphatic heterocycles. The van der Waals surface area contributed by atoms with Gasteiger partial charge in [-0.25, -0.2) is 17.9 Å². The standard InChI is InChI=1S/C20H28N2O5S/c1-4-12-21-19(23)15(3)27-20(24)18-13-17(11-10-14(18)2)28(25,26)22-16-8-6-5-7-9-16/h4,10-11,13,15-16,22H,1,5-9,12H2,2-3H3,(H,21,23)/t15-/m1/s1. The van der Waals surface area contributed by atoms with E-state index in [1.807, 2.05) is 0 Å². The van der Waals surface area contributed by atoms with Gasteiger partial charge in [0.1, 0.15) is 0 Å². The van der Waals surface area contributed by atoms with Crippen LogP contribution < -0.4 is 10.0 Å². The summed E-state index contributed by atoms with van der Waals surface area (Å²) in [7, 11) is -3.74. The molecule has 7 nitrogen and oxygen atoms in total. The second kappa shape index (κ2) is 9.84. The van der Waals surface area contributed by atoms with Gasteiger partial charge in [0.15, 0.2) is 6.10 Å². The minimum absolute atomic E-state index is 0.0133. The number of nitrogens with one attached hydrogen (secondary N) is 2. The number of esters is 1. The van der Waals surface area contributed by atoms with Crippen molar-refractivity contribution in [3.63, 3.8) is 0 Å². The number of carbonyl (C=O) groups excluding carboxylic acids is 2. The molecule has 0 bridgehead atoms. The molecule has 0 spiro atoms. The molecule has 1 saturated carbocycles. The summed E-state index contributed by atoms with van der Waals surface area (Å²) in [5.74, 6) is -1.19. The fourth-order valence-corrected chi connectivity index (χ4v) is 4.42. The number of aryl methyl sites for hydroxylation is 1. The van der Waals surface area contributed by atoms with E-state index in [1.165, 1.54) is 25.1 Å². The van der Waals surface area contributed by atoms with Crippen molar-refractivity contribution in [2.45, 2.75) is 63.0 Å². The van der Waals surface area contributed by atoms with E-state index in [0.29, 0.717) is 5.56 Å². The van der Waals surface area contributed by atoms with E-state index >= 15 is 0 Å². The lowest BCUT2D eigenvalue weighted by Gasteiger charge is -2.22. The van der Waals surface area contributed by atoms with Crippen molar-refractivity contribution in [2.75, 3.05) is 6.54 Å². The minimum Gasteiger partial charge on any atom is -0.449 e. The first-order valence-corrected chi connectivity index (χ1v) is 11.0. The van der Waals surface area contributed by atoms with Crippen molar-refractivity contribution in [3.8, 4) is 0 Å². The summed E-state index contributed by atoms with van der Waals surface area (Å²) in [4.78, 5) is 24.4. The number of amides is 1. The average Bonchev–Trinajstić information content (AvgIpc) is 2.66. The second-order valence-electron chi connectivity index (χ2n) is 7.01. The molecule has 1 aromatic rings. The van der Waals surface area contributed by atoms with Crippen LogP contribution in [0, 0.1) is 6.92 Å². The van der Waals surface area contributed by atoms with Gasteiger partial charge in [0.25, 0.3) is 5.91 Å². The Hall–Kier alpha value is -2.19. The molecule has 1 atom stereocenters. The lowest BCUT2D eigenvalue weighted by atomic mass is 9.96. The van der Waals surface area contributed by atoms with Gasteiger partial charge in [-0.1, -0.05) is 31.4 Å². The number of benzene rings is 1.